The van der Waals surface area contributed by atoms with Crippen LogP contribution in [0.25, 0.3) is 0 Å². The number of carbonyl (C=O) groups is 2. The van der Waals surface area contributed by atoms with Crippen molar-refractivity contribution in [1.29, 1.82) is 0 Å². The second kappa shape index (κ2) is 10.5. The highest BCUT2D eigenvalue weighted by atomic mass is 19.1. The molecule has 0 saturated heterocycles. The van der Waals surface area contributed by atoms with Crippen LogP contribution in [0.2, 0.25) is 0 Å². The summed E-state index contributed by atoms with van der Waals surface area (Å²) in [4.78, 5) is 27.0. The van der Waals surface area contributed by atoms with Gasteiger partial charge in [0.25, 0.3) is 0 Å². The van der Waals surface area contributed by atoms with E-state index >= 15 is 0 Å². The summed E-state index contributed by atoms with van der Waals surface area (Å²) in [6.45, 7) is 4.64. The molecular formula is C22H27FN2O2. The summed E-state index contributed by atoms with van der Waals surface area (Å²) in [7, 11) is 0. The largest absolute Gasteiger partial charge is 0.354 e. The molecule has 2 aromatic rings. The molecule has 0 aliphatic heterocycles. The van der Waals surface area contributed by atoms with Gasteiger partial charge in [0.05, 0.1) is 6.42 Å². The van der Waals surface area contributed by atoms with Crippen molar-refractivity contribution in [1.82, 2.24) is 10.2 Å². The molecule has 2 rings (SSSR count). The molecule has 0 spiro atoms. The number of amides is 2. The summed E-state index contributed by atoms with van der Waals surface area (Å²) >= 11 is 0. The van der Waals surface area contributed by atoms with E-state index in [-0.39, 0.29) is 30.6 Å². The number of rotatable bonds is 9. The van der Waals surface area contributed by atoms with E-state index in [1.54, 1.807) is 24.0 Å². The summed E-state index contributed by atoms with van der Waals surface area (Å²) in [5.74, 6) is -0.637. The molecule has 0 radical (unpaired) electrons. The van der Waals surface area contributed by atoms with Crippen molar-refractivity contribution in [3.8, 4) is 0 Å². The molecule has 0 unspecified atom stereocenters. The van der Waals surface area contributed by atoms with Crippen molar-refractivity contribution in [2.45, 2.75) is 45.7 Å². The van der Waals surface area contributed by atoms with Crippen molar-refractivity contribution in [2.24, 2.45) is 0 Å². The van der Waals surface area contributed by atoms with Gasteiger partial charge in [0.2, 0.25) is 11.8 Å². The Morgan fingerprint density at radius 1 is 1.04 bits per heavy atom. The van der Waals surface area contributed by atoms with Crippen molar-refractivity contribution in [2.75, 3.05) is 6.54 Å². The van der Waals surface area contributed by atoms with E-state index < -0.39 is 6.04 Å². The van der Waals surface area contributed by atoms with Crippen molar-refractivity contribution in [3.05, 3.63) is 71.5 Å². The molecule has 5 heteroatoms. The van der Waals surface area contributed by atoms with Gasteiger partial charge in [-0.15, -0.1) is 0 Å². The molecule has 0 heterocycles. The van der Waals surface area contributed by atoms with Gasteiger partial charge in [-0.05, 0) is 36.6 Å². The van der Waals surface area contributed by atoms with Gasteiger partial charge in [0.15, 0.2) is 0 Å². The lowest BCUT2D eigenvalue weighted by Gasteiger charge is -2.29. The Kier molecular flexibility index (Phi) is 7.99. The monoisotopic (exact) mass is 370 g/mol. The SMILES string of the molecule is CCCCNC(=O)[C@@H](C)N(Cc1ccc(F)cc1)C(=O)Cc1ccccc1. The molecule has 1 atom stereocenters. The summed E-state index contributed by atoms with van der Waals surface area (Å²) in [6.07, 6.45) is 2.10. The standard InChI is InChI=1S/C22H27FN2O2/c1-3-4-14-24-22(27)17(2)25(16-19-10-12-20(23)13-11-19)21(26)15-18-8-6-5-7-9-18/h5-13,17H,3-4,14-16H2,1-2H3,(H,24,27)/t17-/m1/s1. The Morgan fingerprint density at radius 2 is 1.70 bits per heavy atom. The third-order valence-corrected chi connectivity index (χ3v) is 4.46. The van der Waals surface area contributed by atoms with E-state index in [4.69, 9.17) is 0 Å². The first-order chi connectivity index (χ1) is 13.0. The lowest BCUT2D eigenvalue weighted by Crippen LogP contribution is -2.48. The van der Waals surface area contributed by atoms with E-state index in [1.165, 1.54) is 12.1 Å². The third-order valence-electron chi connectivity index (χ3n) is 4.46. The van der Waals surface area contributed by atoms with Crippen molar-refractivity contribution < 1.29 is 14.0 Å². The molecule has 27 heavy (non-hydrogen) atoms. The molecule has 1 N–H and O–H groups in total. The minimum absolute atomic E-state index is 0.135. The van der Waals surface area contributed by atoms with Gasteiger partial charge < -0.3 is 10.2 Å². The minimum atomic E-state index is -0.608. The fourth-order valence-electron chi connectivity index (χ4n) is 2.78. The van der Waals surface area contributed by atoms with Crippen LogP contribution in [0, 0.1) is 5.82 Å². The van der Waals surface area contributed by atoms with E-state index in [1.807, 2.05) is 30.3 Å². The normalized spacial score (nSPS) is 11.7. The van der Waals surface area contributed by atoms with Gasteiger partial charge in [0.1, 0.15) is 11.9 Å². The van der Waals surface area contributed by atoms with Gasteiger partial charge in [-0.3, -0.25) is 9.59 Å². The van der Waals surface area contributed by atoms with Crippen LogP contribution in [0.3, 0.4) is 0 Å². The van der Waals surface area contributed by atoms with Crippen LogP contribution >= 0.6 is 0 Å². The summed E-state index contributed by atoms with van der Waals surface area (Å²) in [6, 6.07) is 14.8. The number of nitrogens with one attached hydrogen (secondary N) is 1. The average Bonchev–Trinajstić information content (AvgIpc) is 2.67. The Labute approximate surface area is 160 Å². The van der Waals surface area contributed by atoms with Gasteiger partial charge in [-0.2, -0.15) is 0 Å². The summed E-state index contributed by atoms with van der Waals surface area (Å²) < 4.78 is 13.2. The number of benzene rings is 2. The Morgan fingerprint density at radius 3 is 2.33 bits per heavy atom. The maximum Gasteiger partial charge on any atom is 0.242 e. The smallest absolute Gasteiger partial charge is 0.242 e. The molecule has 2 amide bonds. The van der Waals surface area contributed by atoms with Crippen molar-refractivity contribution >= 4 is 11.8 Å². The van der Waals surface area contributed by atoms with Gasteiger partial charge in [0, 0.05) is 13.1 Å². The fraction of sp³-hybridized carbons (Fsp3) is 0.364. The zero-order chi connectivity index (χ0) is 19.6. The highest BCUT2D eigenvalue weighted by molar-refractivity contribution is 5.88. The first-order valence-corrected chi connectivity index (χ1v) is 9.36. The Hall–Kier alpha value is -2.69. The molecule has 0 fully saturated rings. The predicted octanol–water partition coefficient (Wildman–Crippen LogP) is 3.70. The Balaban J connectivity index is 2.14. The maximum atomic E-state index is 13.2. The molecule has 0 saturated carbocycles. The molecule has 0 aliphatic rings. The lowest BCUT2D eigenvalue weighted by atomic mass is 10.1. The highest BCUT2D eigenvalue weighted by Crippen LogP contribution is 2.13. The topological polar surface area (TPSA) is 49.4 Å². The van der Waals surface area contributed by atoms with Crippen LogP contribution in [0.15, 0.2) is 54.6 Å². The third kappa shape index (κ3) is 6.51. The molecule has 0 aliphatic carbocycles. The Bertz CT molecular complexity index is 732. The zero-order valence-electron chi connectivity index (χ0n) is 16.0. The molecule has 2 aromatic carbocycles. The number of unbranched alkanes of at least 4 members (excludes halogenated alkanes) is 1. The number of hydrogen-bond donors (Lipinski definition) is 1. The van der Waals surface area contributed by atoms with Gasteiger partial charge >= 0.3 is 0 Å². The average molecular weight is 370 g/mol. The number of nitrogens with zero attached hydrogens (tertiary/aromatic N) is 1. The highest BCUT2D eigenvalue weighted by Gasteiger charge is 2.26. The zero-order valence-corrected chi connectivity index (χ0v) is 16.0. The molecule has 4 nitrogen and oxygen atoms in total. The van der Waals surface area contributed by atoms with Crippen LogP contribution in [0.1, 0.15) is 37.8 Å². The van der Waals surface area contributed by atoms with Crippen LogP contribution in [-0.4, -0.2) is 29.3 Å². The number of carbonyl (C=O) groups excluding carboxylic acids is 2. The van der Waals surface area contributed by atoms with Gasteiger partial charge in [-0.25, -0.2) is 4.39 Å². The predicted molar refractivity (Wildman–Crippen MR) is 104 cm³/mol. The van der Waals surface area contributed by atoms with Crippen LogP contribution in [0.4, 0.5) is 4.39 Å². The fourth-order valence-corrected chi connectivity index (χ4v) is 2.78. The number of hydrogen-bond acceptors (Lipinski definition) is 2. The van der Waals surface area contributed by atoms with Crippen LogP contribution < -0.4 is 5.32 Å². The number of halogens is 1. The lowest BCUT2D eigenvalue weighted by molar-refractivity contribution is -0.140. The first-order valence-electron chi connectivity index (χ1n) is 9.36. The van der Waals surface area contributed by atoms with Crippen LogP contribution in [-0.2, 0) is 22.6 Å². The van der Waals surface area contributed by atoms with E-state index in [2.05, 4.69) is 12.2 Å². The van der Waals surface area contributed by atoms with Gasteiger partial charge in [-0.1, -0.05) is 55.8 Å². The molecule has 144 valence electrons. The van der Waals surface area contributed by atoms with Crippen molar-refractivity contribution in [3.63, 3.8) is 0 Å². The second-order valence-corrected chi connectivity index (χ2v) is 6.63. The van der Waals surface area contributed by atoms with E-state index in [9.17, 15) is 14.0 Å². The molecule has 0 aromatic heterocycles. The maximum absolute atomic E-state index is 13.2. The quantitative estimate of drug-likeness (QED) is 0.684. The first kappa shape index (κ1) is 20.6. The van der Waals surface area contributed by atoms with E-state index in [0.29, 0.717) is 6.54 Å². The minimum Gasteiger partial charge on any atom is -0.354 e. The molecule has 0 bridgehead atoms. The second-order valence-electron chi connectivity index (χ2n) is 6.63. The summed E-state index contributed by atoms with van der Waals surface area (Å²) in [5, 5.41) is 2.88. The summed E-state index contributed by atoms with van der Waals surface area (Å²) in [5.41, 5.74) is 1.68. The van der Waals surface area contributed by atoms with Crippen LogP contribution in [0.5, 0.6) is 0 Å². The van der Waals surface area contributed by atoms with E-state index in [0.717, 1.165) is 24.0 Å². The molecular weight excluding hydrogens is 343 g/mol.